The van der Waals surface area contributed by atoms with Gasteiger partial charge in [-0.1, -0.05) is 51.1 Å². The molecule has 2 aromatic carbocycles. The zero-order chi connectivity index (χ0) is 60.5. The van der Waals surface area contributed by atoms with Gasteiger partial charge in [0.15, 0.2) is 1.41 Å². The monoisotopic (exact) mass is 1120 g/mol. The highest BCUT2D eigenvalue weighted by molar-refractivity contribution is 6.14. The van der Waals surface area contributed by atoms with Crippen molar-refractivity contribution in [1.82, 2.24) is 51.6 Å². The summed E-state index contributed by atoms with van der Waals surface area (Å²) in [5.41, 5.74) is 5.79. The van der Waals surface area contributed by atoms with Crippen LogP contribution in [0.15, 0.2) is 72.9 Å². The van der Waals surface area contributed by atoms with E-state index < -0.39 is 183 Å². The number of carbonyl (C=O) groups is 12. The molecule has 0 aliphatic carbocycles. The van der Waals surface area contributed by atoms with Crippen LogP contribution in [0, 0.1) is 17.0 Å². The number of imide groups is 1. The molecule has 11 N–H and O–H groups in total. The Balaban J connectivity index is 1.69. The van der Waals surface area contributed by atoms with E-state index >= 15 is 4.39 Å². The number of nitrogens with one attached hydrogen (secondary N) is 7. The van der Waals surface area contributed by atoms with Crippen LogP contribution >= 0.6 is 0 Å². The molecule has 0 fully saturated rings. The number of carboxylic acid groups (broad SMARTS) is 1. The highest BCUT2D eigenvalue weighted by atomic mass is 19.1. The Bertz CT molecular complexity index is 2880. The van der Waals surface area contributed by atoms with Crippen LogP contribution in [0.4, 0.5) is 8.78 Å². The lowest BCUT2D eigenvalue weighted by Crippen LogP contribution is -2.58. The Morgan fingerprint density at radius 1 is 0.762 bits per heavy atom. The number of aliphatic carboxylic acids is 1. The lowest BCUT2D eigenvalue weighted by molar-refractivity contribution is -0.141. The number of aliphatic hydroxyl groups is 1. The molecule has 3 aromatic rings. The summed E-state index contributed by atoms with van der Waals surface area (Å²) in [7, 11) is 0. The van der Waals surface area contributed by atoms with Crippen LogP contribution in [0.3, 0.4) is 0 Å². The first-order valence-corrected chi connectivity index (χ1v) is 25.2. The highest BCUT2D eigenvalue weighted by Crippen LogP contribution is 2.41. The summed E-state index contributed by atoms with van der Waals surface area (Å²) in [5.74, 6) is -13.2. The van der Waals surface area contributed by atoms with Crippen LogP contribution < -0.4 is 42.9 Å². The highest BCUT2D eigenvalue weighted by Gasteiger charge is 2.39. The lowest BCUT2D eigenvalue weighted by atomic mass is 9.82. The van der Waals surface area contributed by atoms with Gasteiger partial charge in [-0.15, -0.1) is 0 Å². The van der Waals surface area contributed by atoms with E-state index in [1.807, 2.05) is 12.1 Å². The van der Waals surface area contributed by atoms with Crippen molar-refractivity contribution in [3.8, 4) is 11.1 Å². The molecule has 27 heteroatoms. The first-order valence-electron chi connectivity index (χ1n) is 25.6. The number of halogens is 2. The average Bonchev–Trinajstić information content (AvgIpc) is 4.19. The number of amides is 11. The smallest absolute Gasteiger partial charge is 0.303 e. The number of nitrogens with two attached hydrogens (primary N) is 1. The van der Waals surface area contributed by atoms with Gasteiger partial charge in [0.05, 0.1) is 12.5 Å². The SMILES string of the molecule is [2H]N(C(C)=O)[C@@H](C)C(=O)N[C@@H](C)C(=O)N[C@@H](CC(N)=O)C(=O)N[C@@H](CCN(C(=O)CO)[C@@H](c1cc(-c2cc(F)ccc2F)cn1Cc1ccccc1)C(C)(C)C)C(=O)NCCNC(=O)[C@@H](CCC(=O)O)NC(=O)CN1C(=O)C=CC1=O. The fourth-order valence-electron chi connectivity index (χ4n) is 8.47. The van der Waals surface area contributed by atoms with Crippen LogP contribution in [-0.2, 0) is 64.1 Å². The fourth-order valence-corrected chi connectivity index (χ4v) is 8.47. The molecule has 432 valence electrons. The summed E-state index contributed by atoms with van der Waals surface area (Å²) in [4.78, 5) is 156. The zero-order valence-electron chi connectivity index (χ0n) is 45.9. The Morgan fingerprint density at radius 2 is 1.35 bits per heavy atom. The summed E-state index contributed by atoms with van der Waals surface area (Å²) < 4.78 is 39.6. The van der Waals surface area contributed by atoms with Gasteiger partial charge in [-0.05, 0) is 61.9 Å². The first-order chi connectivity index (χ1) is 38.0. The van der Waals surface area contributed by atoms with E-state index in [0.717, 1.165) is 42.8 Å². The van der Waals surface area contributed by atoms with Crippen LogP contribution in [-0.4, -0.2) is 159 Å². The van der Waals surface area contributed by atoms with Crippen LogP contribution in [0.25, 0.3) is 11.1 Å². The van der Waals surface area contributed by atoms with Gasteiger partial charge in [0, 0.05) is 74.7 Å². The quantitative estimate of drug-likeness (QED) is 0.0300. The molecular weight excluding hydrogens is 1050 g/mol. The van der Waals surface area contributed by atoms with Gasteiger partial charge in [0.2, 0.25) is 53.2 Å². The van der Waals surface area contributed by atoms with E-state index in [0.29, 0.717) is 15.9 Å². The van der Waals surface area contributed by atoms with Crippen molar-refractivity contribution in [3.05, 3.63) is 95.8 Å². The van der Waals surface area contributed by atoms with Crippen molar-refractivity contribution in [2.75, 3.05) is 32.8 Å². The number of benzene rings is 2. The van der Waals surface area contributed by atoms with Crippen molar-refractivity contribution in [3.63, 3.8) is 0 Å². The van der Waals surface area contributed by atoms with E-state index in [9.17, 15) is 72.1 Å². The second kappa shape index (κ2) is 29.2. The summed E-state index contributed by atoms with van der Waals surface area (Å²) in [6.45, 7) is 5.74. The number of hydrogen-bond donors (Lipinski definition) is 10. The van der Waals surface area contributed by atoms with Gasteiger partial charge in [0.1, 0.15) is 55.0 Å². The number of carbonyl (C=O) groups excluding carboxylic acids is 11. The minimum absolute atomic E-state index is 0.103. The van der Waals surface area contributed by atoms with Gasteiger partial charge in [-0.2, -0.15) is 0 Å². The van der Waals surface area contributed by atoms with Crippen LogP contribution in [0.1, 0.15) is 84.5 Å². The molecular formula is C53H67F2N11O14. The third-order valence-electron chi connectivity index (χ3n) is 12.3. The number of aromatic nitrogens is 1. The van der Waals surface area contributed by atoms with E-state index in [4.69, 9.17) is 7.15 Å². The second-order valence-corrected chi connectivity index (χ2v) is 19.8. The van der Waals surface area contributed by atoms with E-state index in [1.54, 1.807) is 55.8 Å². The topological polar surface area (TPSA) is 367 Å². The predicted octanol–water partition coefficient (Wildman–Crippen LogP) is -0.839. The normalized spacial score (nSPS) is 14.5. The maximum absolute atomic E-state index is 15.4. The summed E-state index contributed by atoms with van der Waals surface area (Å²) in [5, 5.41) is 34.4. The first kappa shape index (κ1) is 62.0. The van der Waals surface area contributed by atoms with Crippen LogP contribution in [0.2, 0.25) is 1.41 Å². The molecule has 25 nitrogen and oxygen atoms in total. The van der Waals surface area contributed by atoms with Crippen molar-refractivity contribution >= 4 is 70.9 Å². The maximum Gasteiger partial charge on any atom is 0.303 e. The minimum atomic E-state index is -1.83. The van der Waals surface area contributed by atoms with Gasteiger partial charge in [-0.25, -0.2) is 8.78 Å². The number of rotatable bonds is 29. The molecule has 1 aromatic heterocycles. The third kappa shape index (κ3) is 18.9. The van der Waals surface area contributed by atoms with Crippen molar-refractivity contribution in [2.24, 2.45) is 11.1 Å². The Hall–Kier alpha value is -8.88. The van der Waals surface area contributed by atoms with Gasteiger partial charge < -0.3 is 62.6 Å². The molecule has 2 heterocycles. The van der Waals surface area contributed by atoms with E-state index in [2.05, 4.69) is 31.9 Å². The van der Waals surface area contributed by atoms with Crippen molar-refractivity contribution in [2.45, 2.75) is 110 Å². The summed E-state index contributed by atoms with van der Waals surface area (Å²) in [6, 6.07) is 4.59. The number of primary amides is 1. The maximum atomic E-state index is 15.4. The number of nitrogens with zero attached hydrogens (tertiary/aromatic N) is 3. The third-order valence-corrected chi connectivity index (χ3v) is 12.3. The van der Waals surface area contributed by atoms with Gasteiger partial charge in [-0.3, -0.25) is 62.4 Å². The predicted molar refractivity (Wildman–Crippen MR) is 280 cm³/mol. The van der Waals surface area contributed by atoms with Crippen molar-refractivity contribution in [1.29, 1.82) is 0 Å². The molecule has 0 saturated heterocycles. The molecule has 0 spiro atoms. The molecule has 6 atom stereocenters. The largest absolute Gasteiger partial charge is 0.481 e. The zero-order valence-corrected chi connectivity index (χ0v) is 44.9. The lowest BCUT2D eigenvalue weighted by Gasteiger charge is -2.41. The number of hydrogen-bond acceptors (Lipinski definition) is 13. The molecule has 0 radical (unpaired) electrons. The van der Waals surface area contributed by atoms with Crippen LogP contribution in [0.5, 0.6) is 0 Å². The number of aliphatic hydroxyl groups excluding tert-OH is 1. The van der Waals surface area contributed by atoms with E-state index in [1.165, 1.54) is 18.7 Å². The molecule has 0 unspecified atom stereocenters. The molecule has 80 heavy (non-hydrogen) atoms. The Morgan fingerprint density at radius 3 is 1.91 bits per heavy atom. The fraction of sp³-hybridized carbons (Fsp3) is 0.434. The minimum Gasteiger partial charge on any atom is -0.481 e. The molecule has 11 amide bonds. The molecule has 0 saturated carbocycles. The Kier molecular flexibility index (Phi) is 22.6. The van der Waals surface area contributed by atoms with E-state index in [-0.39, 0.29) is 17.7 Å². The second-order valence-electron chi connectivity index (χ2n) is 19.8. The summed E-state index contributed by atoms with van der Waals surface area (Å²) >= 11 is 0. The molecule has 1 aliphatic heterocycles. The Labute approximate surface area is 460 Å². The molecule has 1 aliphatic rings. The molecule has 4 rings (SSSR count). The van der Waals surface area contributed by atoms with Gasteiger partial charge >= 0.3 is 5.97 Å². The van der Waals surface area contributed by atoms with Gasteiger partial charge in [0.25, 0.3) is 11.8 Å². The standard InChI is InChI=1S/C53H67F2N11O14/c1-29(59-31(3)68)48(76)60-30(2)49(77)63-39(24-41(56)69)52(80)62-38(51(79)58-20-19-57-50(78)37(14-17-46(74)75)61-42(70)27-66-43(71)15-16-44(66)72)18-21-65(45(73)28-67)47(53(4,5)6)40-22-33(35-23-34(54)12-13-36(35)55)26-64(40)25-32-10-8-7-9-11-32/h7-13,15-16,22-23,26,29-30,37-39,47,67H,14,17-21,24-25,27-28H2,1-6H3,(H2,56,69)(H,57,78)(H,58,79)(H,59,68)(H,60,76)(H,61,70)(H,62,80)(H,63,77)(H,74,75)/t29-,30-,37+,38-,39-,47-/m0/s1/i/hD. The molecule has 0 bridgehead atoms. The number of carboxylic acids is 1. The summed E-state index contributed by atoms with van der Waals surface area (Å²) in [6.07, 6.45) is 1.04. The average molecular weight is 1120 g/mol. The van der Waals surface area contributed by atoms with Crippen molar-refractivity contribution < 1.29 is 77.9 Å².